The molecule has 21 heteroatoms. The largest absolute Gasteiger partial charge is 0.497 e. The highest BCUT2D eigenvalue weighted by Gasteiger charge is 2.62. The van der Waals surface area contributed by atoms with Gasteiger partial charge in [0.2, 0.25) is 17.7 Å². The second-order valence-corrected chi connectivity index (χ2v) is 23.8. The molecular weight excluding hydrogens is 977 g/mol. The van der Waals surface area contributed by atoms with E-state index in [0.717, 1.165) is 56.8 Å². The van der Waals surface area contributed by atoms with Gasteiger partial charge in [-0.3, -0.25) is 14.4 Å². The lowest BCUT2D eigenvalue weighted by Crippen LogP contribution is -2.59. The zero-order chi connectivity index (χ0) is 54.2. The summed E-state index contributed by atoms with van der Waals surface area (Å²) >= 11 is 0. The van der Waals surface area contributed by atoms with Crippen molar-refractivity contribution in [1.82, 2.24) is 30.6 Å². The molecule has 4 saturated carbocycles. The highest BCUT2D eigenvalue weighted by Crippen LogP contribution is 2.47. The van der Waals surface area contributed by atoms with Crippen molar-refractivity contribution in [3.63, 3.8) is 0 Å². The fourth-order valence-corrected chi connectivity index (χ4v) is 11.6. The summed E-state index contributed by atoms with van der Waals surface area (Å²) in [5.41, 5.74) is -3.90. The summed E-state index contributed by atoms with van der Waals surface area (Å²) in [6.07, 6.45) is 12.5. The van der Waals surface area contributed by atoms with Crippen LogP contribution < -0.4 is 30.1 Å². The second-order valence-electron chi connectivity index (χ2n) is 22.5. The number of ether oxygens (including phenoxy) is 4. The van der Waals surface area contributed by atoms with Crippen LogP contribution in [0, 0.1) is 17.8 Å². The molecule has 0 spiro atoms. The Labute approximate surface area is 435 Å². The number of amides is 5. The number of likely N-dealkylation sites (tertiary alicyclic amines) is 1. The Kier molecular flexibility index (Phi) is 18.6. The molecule has 1 aliphatic heterocycles. The van der Waals surface area contributed by atoms with Gasteiger partial charge in [0.15, 0.2) is 0 Å². The Balaban J connectivity index is 0.000000419. The Hall–Kier alpha value is -5.70. The number of benzene rings is 1. The van der Waals surface area contributed by atoms with Crippen LogP contribution in [0.25, 0.3) is 10.8 Å². The van der Waals surface area contributed by atoms with Gasteiger partial charge in [-0.2, -0.15) is 8.42 Å². The minimum atomic E-state index is -4.50. The van der Waals surface area contributed by atoms with E-state index in [0.29, 0.717) is 55.5 Å². The summed E-state index contributed by atoms with van der Waals surface area (Å²) in [5.74, 6) is -2.91. The van der Waals surface area contributed by atoms with Crippen molar-refractivity contribution in [2.75, 3.05) is 13.7 Å². The van der Waals surface area contributed by atoms with Gasteiger partial charge in [0.25, 0.3) is 5.91 Å². The first kappa shape index (κ1) is 57.6. The first-order valence-electron chi connectivity index (χ1n) is 26.1. The Bertz CT molecular complexity index is 2480. The third kappa shape index (κ3) is 15.4. The molecule has 6 atom stereocenters. The number of rotatable bonds is 18. The number of aromatic nitrogens is 1. The smallest absolute Gasteiger partial charge is 0.408 e. The van der Waals surface area contributed by atoms with Crippen LogP contribution in [0.1, 0.15) is 151 Å². The number of fused-ring (bicyclic) bond motifs is 1. The molecular formula is C53H78N6O14S. The summed E-state index contributed by atoms with van der Waals surface area (Å²) in [6, 6.07) is 4.28. The average molecular weight is 1060 g/mol. The number of nitrogens with one attached hydrogen (secondary N) is 4. The van der Waals surface area contributed by atoms with Crippen molar-refractivity contribution < 1.29 is 65.4 Å². The first-order valence-corrected chi connectivity index (χ1v) is 27.6. The Morgan fingerprint density at radius 3 is 1.97 bits per heavy atom. The number of carbonyl (C=O) groups excluding carboxylic acids is 5. The maximum absolute atomic E-state index is 14.8. The Morgan fingerprint density at radius 2 is 1.46 bits per heavy atom. The monoisotopic (exact) mass is 1050 g/mol. The van der Waals surface area contributed by atoms with Gasteiger partial charge in [0.1, 0.15) is 46.7 Å². The van der Waals surface area contributed by atoms with Crippen LogP contribution in [0.5, 0.6) is 11.6 Å². The van der Waals surface area contributed by atoms with E-state index in [2.05, 4.69) is 27.5 Å². The minimum absolute atomic E-state index is 0.0174. The van der Waals surface area contributed by atoms with E-state index in [1.165, 1.54) is 11.0 Å². The lowest BCUT2D eigenvalue weighted by Gasteiger charge is -2.35. The minimum Gasteiger partial charge on any atom is -0.497 e. The van der Waals surface area contributed by atoms with E-state index >= 15 is 0 Å². The molecule has 74 heavy (non-hydrogen) atoms. The van der Waals surface area contributed by atoms with Crippen molar-refractivity contribution >= 4 is 57.0 Å². The number of hydrogen-bond donors (Lipinski definition) is 5. The predicted molar refractivity (Wildman–Crippen MR) is 274 cm³/mol. The molecule has 0 radical (unpaired) electrons. The molecule has 5 N–H and O–H groups in total. The lowest BCUT2D eigenvalue weighted by molar-refractivity contribution is -0.142. The topological polar surface area (TPSA) is 267 Å². The van der Waals surface area contributed by atoms with Crippen molar-refractivity contribution in [3.05, 3.63) is 43.1 Å². The molecule has 2 heterocycles. The molecule has 2 aromatic rings. The van der Waals surface area contributed by atoms with Crippen LogP contribution in [-0.2, 0) is 43.1 Å². The predicted octanol–water partition coefficient (Wildman–Crippen LogP) is 7.38. The van der Waals surface area contributed by atoms with Gasteiger partial charge in [-0.25, -0.2) is 28.3 Å². The SMILES string of the molecule is C=C[C@@H]1C[C@]1(NC(=O)[C@@H]1C[C@@H](Oc2nccc3cc(OC)ccc23)CN1C(=O)[C@@H](NC(=O)OC(C)(C)C)C1CCCCC1)C(=O)NS(=O)(=O)OC1(CCC)CC1.CC(C)(C)OC(=O)N[C@H](C(=O)O)C1CCCCC1. The number of methoxy groups -OCH3 is 1. The zero-order valence-corrected chi connectivity index (χ0v) is 45.1. The Morgan fingerprint density at radius 1 is 0.878 bits per heavy atom. The average Bonchev–Trinajstić information content (AvgIpc) is 4.21. The first-order chi connectivity index (χ1) is 34.8. The molecule has 410 valence electrons. The van der Waals surface area contributed by atoms with E-state index in [1.54, 1.807) is 60.9 Å². The van der Waals surface area contributed by atoms with Gasteiger partial charge in [0, 0.05) is 23.9 Å². The van der Waals surface area contributed by atoms with E-state index < -0.39 is 98.7 Å². The molecule has 1 aromatic carbocycles. The summed E-state index contributed by atoms with van der Waals surface area (Å²) in [7, 11) is -2.93. The molecule has 0 bridgehead atoms. The highest BCUT2D eigenvalue weighted by molar-refractivity contribution is 7.85. The number of aliphatic carboxylic acids is 1. The van der Waals surface area contributed by atoms with Gasteiger partial charge in [0.05, 0.1) is 19.3 Å². The van der Waals surface area contributed by atoms with Crippen molar-refractivity contribution in [1.29, 1.82) is 0 Å². The van der Waals surface area contributed by atoms with Gasteiger partial charge in [-0.1, -0.05) is 57.9 Å². The fourth-order valence-electron chi connectivity index (χ4n) is 10.4. The van der Waals surface area contributed by atoms with E-state index in [4.69, 9.17) is 23.1 Å². The zero-order valence-electron chi connectivity index (χ0n) is 44.3. The van der Waals surface area contributed by atoms with Gasteiger partial charge in [-0.05, 0) is 134 Å². The molecule has 7 rings (SSSR count). The quantitative estimate of drug-likeness (QED) is 0.0912. The third-order valence-electron chi connectivity index (χ3n) is 14.2. The van der Waals surface area contributed by atoms with Crippen LogP contribution in [0.2, 0.25) is 0 Å². The van der Waals surface area contributed by atoms with E-state index in [9.17, 15) is 42.3 Å². The molecule has 1 saturated heterocycles. The second kappa shape index (κ2) is 23.9. The van der Waals surface area contributed by atoms with E-state index in [-0.39, 0.29) is 31.2 Å². The molecule has 1 aromatic heterocycles. The van der Waals surface area contributed by atoms with Crippen molar-refractivity contribution in [2.45, 2.75) is 198 Å². The van der Waals surface area contributed by atoms with Crippen LogP contribution >= 0.6 is 0 Å². The number of carboxylic acid groups (broad SMARTS) is 1. The molecule has 5 fully saturated rings. The number of pyridine rings is 1. The fraction of sp³-hybridized carbons (Fsp3) is 0.679. The molecule has 5 aliphatic rings. The van der Waals surface area contributed by atoms with Crippen LogP contribution in [0.15, 0.2) is 43.1 Å². The number of hydrogen-bond acceptors (Lipinski definition) is 14. The van der Waals surface area contributed by atoms with Crippen LogP contribution in [0.3, 0.4) is 0 Å². The summed E-state index contributed by atoms with van der Waals surface area (Å²) in [4.78, 5) is 84.8. The van der Waals surface area contributed by atoms with Gasteiger partial charge >= 0.3 is 28.5 Å². The third-order valence-corrected chi connectivity index (χ3v) is 15.3. The lowest BCUT2D eigenvalue weighted by atomic mass is 9.83. The van der Waals surface area contributed by atoms with Crippen molar-refractivity contribution in [3.8, 4) is 11.6 Å². The van der Waals surface area contributed by atoms with Gasteiger partial charge in [-0.15, -0.1) is 6.58 Å². The number of carboxylic acids is 1. The van der Waals surface area contributed by atoms with Gasteiger partial charge < -0.3 is 44.9 Å². The maximum Gasteiger partial charge on any atom is 0.408 e. The van der Waals surface area contributed by atoms with E-state index in [1.807, 2.05) is 29.8 Å². The highest BCUT2D eigenvalue weighted by atomic mass is 32.2. The molecule has 4 aliphatic carbocycles. The number of carbonyl (C=O) groups is 6. The molecule has 20 nitrogen and oxygen atoms in total. The maximum atomic E-state index is 14.8. The van der Waals surface area contributed by atoms with Crippen LogP contribution in [-0.4, -0.2) is 120 Å². The summed E-state index contributed by atoms with van der Waals surface area (Å²) in [6.45, 7) is 16.1. The standard InChI is InChI=1S/C40H55N5O10S.C13H23NO4/c1-7-17-39(18-19-39)55-56(50,51)44-36(48)40(23-27(40)8-2)43-33(46)31-22-29(53-34-30-15-14-28(52-6)21-26(30)16-20-41-34)24-45(31)35(47)32(25-12-10-9-11-13-25)42-37(49)54-38(3,4)5;1-13(2,3)18-12(17)14-10(11(15)16)9-7-5-4-6-8-9/h8,14-16,20-21,25,27,29,31-32H,2,7,9-13,17-19,22-24H2,1,3-6H3,(H,42,49)(H,43,46)(H,44,48);9-10H,4-8H2,1-3H3,(H,14,17)(H,15,16)/t27-,29-,31+,32+,40-;10-/m10/s1. The normalized spacial score (nSPS) is 23.6. The van der Waals surface area contributed by atoms with Crippen LogP contribution in [0.4, 0.5) is 9.59 Å². The summed E-state index contributed by atoms with van der Waals surface area (Å²) < 4.78 is 56.0. The number of alkyl carbamates (subject to hydrolysis) is 2. The molecule has 0 unspecified atom stereocenters. The molecule has 5 amide bonds. The summed E-state index contributed by atoms with van der Waals surface area (Å²) in [5, 5.41) is 18.8. The number of nitrogens with zero attached hydrogens (tertiary/aromatic N) is 2. The van der Waals surface area contributed by atoms with Crippen molar-refractivity contribution in [2.24, 2.45) is 17.8 Å².